The first-order valence-corrected chi connectivity index (χ1v) is 10.4. The zero-order chi connectivity index (χ0) is 18.8. The highest BCUT2D eigenvalue weighted by atomic mass is 32.2. The molecular weight excluding hydrogens is 388 g/mol. The number of anilines is 2. The Labute approximate surface area is 164 Å². The zero-order valence-corrected chi connectivity index (χ0v) is 16.3. The van der Waals surface area contributed by atoms with Crippen molar-refractivity contribution in [3.63, 3.8) is 0 Å². The van der Waals surface area contributed by atoms with E-state index < -0.39 is 0 Å². The number of thioether (sulfide) groups is 1. The first-order chi connectivity index (χ1) is 13.1. The second-order valence-corrected chi connectivity index (χ2v) is 8.28. The van der Waals surface area contributed by atoms with E-state index in [9.17, 15) is 9.59 Å². The fourth-order valence-corrected chi connectivity index (χ4v) is 4.36. The smallest absolute Gasteiger partial charge is 0.234 e. The van der Waals surface area contributed by atoms with Gasteiger partial charge in [-0.1, -0.05) is 30.0 Å². The Morgan fingerprint density at radius 3 is 2.89 bits per heavy atom. The van der Waals surface area contributed by atoms with Crippen LogP contribution >= 0.6 is 23.1 Å². The second kappa shape index (κ2) is 7.73. The molecule has 0 bridgehead atoms. The molecule has 10 heteroatoms. The molecular formula is C17H18N4O4S2. The second-order valence-electron chi connectivity index (χ2n) is 6.10. The Morgan fingerprint density at radius 2 is 2.11 bits per heavy atom. The number of nitrogens with one attached hydrogen (secondary N) is 1. The van der Waals surface area contributed by atoms with E-state index in [1.54, 1.807) is 23.1 Å². The van der Waals surface area contributed by atoms with E-state index >= 15 is 0 Å². The summed E-state index contributed by atoms with van der Waals surface area (Å²) in [6, 6.07) is 5.51. The van der Waals surface area contributed by atoms with Crippen LogP contribution in [0.15, 0.2) is 22.5 Å². The van der Waals surface area contributed by atoms with Crippen molar-refractivity contribution in [1.82, 2.24) is 10.2 Å². The third-order valence-corrected chi connectivity index (χ3v) is 6.12. The largest absolute Gasteiger partial charge is 0.454 e. The molecule has 1 aliphatic carbocycles. The molecule has 0 spiro atoms. The van der Waals surface area contributed by atoms with Gasteiger partial charge in [0.15, 0.2) is 15.8 Å². The lowest BCUT2D eigenvalue weighted by Gasteiger charge is -2.17. The number of carbonyl (C=O) groups is 2. The average molecular weight is 406 g/mol. The van der Waals surface area contributed by atoms with Crippen molar-refractivity contribution in [1.29, 1.82) is 0 Å². The van der Waals surface area contributed by atoms with Gasteiger partial charge in [0.1, 0.15) is 0 Å². The summed E-state index contributed by atoms with van der Waals surface area (Å²) in [4.78, 5) is 26.1. The molecule has 1 fully saturated rings. The van der Waals surface area contributed by atoms with Crippen LogP contribution in [0.4, 0.5) is 10.8 Å². The van der Waals surface area contributed by atoms with Crippen molar-refractivity contribution < 1.29 is 19.1 Å². The van der Waals surface area contributed by atoms with Crippen LogP contribution in [0.5, 0.6) is 11.5 Å². The van der Waals surface area contributed by atoms with E-state index in [-0.39, 0.29) is 30.4 Å². The number of ether oxygens (including phenoxy) is 2. The number of carbonyl (C=O) groups excluding carboxylic acids is 2. The Kier molecular flexibility index (Phi) is 5.17. The van der Waals surface area contributed by atoms with E-state index in [2.05, 4.69) is 15.5 Å². The SMILES string of the molecule is CCC(=O)N(c1nnc(SCC(=O)Nc2ccc3c(c2)OCO3)s1)C1CC1. The van der Waals surface area contributed by atoms with Gasteiger partial charge in [0, 0.05) is 24.2 Å². The summed E-state index contributed by atoms with van der Waals surface area (Å²) in [5.41, 5.74) is 0.649. The molecule has 1 aliphatic heterocycles. The molecule has 142 valence electrons. The highest BCUT2D eigenvalue weighted by molar-refractivity contribution is 8.01. The van der Waals surface area contributed by atoms with Gasteiger partial charge in [-0.2, -0.15) is 0 Å². The lowest BCUT2D eigenvalue weighted by Crippen LogP contribution is -2.32. The molecule has 1 aromatic heterocycles. The number of aromatic nitrogens is 2. The van der Waals surface area contributed by atoms with Crippen LogP contribution in [0, 0.1) is 0 Å². The predicted molar refractivity (Wildman–Crippen MR) is 103 cm³/mol. The molecule has 2 aliphatic rings. The number of rotatable bonds is 7. The summed E-state index contributed by atoms with van der Waals surface area (Å²) in [6.07, 6.45) is 2.45. The highest BCUT2D eigenvalue weighted by Gasteiger charge is 2.35. The quantitative estimate of drug-likeness (QED) is 0.558. The normalized spacial score (nSPS) is 14.9. The number of fused-ring (bicyclic) bond motifs is 1. The molecule has 2 amide bonds. The molecule has 8 nitrogen and oxygen atoms in total. The van der Waals surface area contributed by atoms with Crippen LogP contribution < -0.4 is 19.7 Å². The molecule has 2 heterocycles. The van der Waals surface area contributed by atoms with Crippen molar-refractivity contribution >= 4 is 45.7 Å². The molecule has 4 rings (SSSR count). The lowest BCUT2D eigenvalue weighted by molar-refractivity contribution is -0.118. The predicted octanol–water partition coefficient (Wildman–Crippen LogP) is 2.90. The molecule has 0 saturated heterocycles. The molecule has 0 atom stereocenters. The maximum Gasteiger partial charge on any atom is 0.234 e. The minimum Gasteiger partial charge on any atom is -0.454 e. The van der Waals surface area contributed by atoms with Gasteiger partial charge in [-0.3, -0.25) is 14.5 Å². The standard InChI is InChI=1S/C17H18N4O4S2/c1-2-15(23)21(11-4-5-11)16-19-20-17(27-16)26-8-14(22)18-10-3-6-12-13(7-10)25-9-24-12/h3,6-7,11H,2,4-5,8-9H2,1H3,(H,18,22). The maximum absolute atomic E-state index is 12.2. The van der Waals surface area contributed by atoms with Crippen molar-refractivity contribution in [2.75, 3.05) is 22.8 Å². The third kappa shape index (κ3) is 4.16. The topological polar surface area (TPSA) is 93.7 Å². The molecule has 1 aromatic carbocycles. The summed E-state index contributed by atoms with van der Waals surface area (Å²) >= 11 is 2.65. The lowest BCUT2D eigenvalue weighted by atomic mass is 10.3. The summed E-state index contributed by atoms with van der Waals surface area (Å²) < 4.78 is 11.2. The number of hydrogen-bond acceptors (Lipinski definition) is 8. The van der Waals surface area contributed by atoms with Crippen LogP contribution in [0.2, 0.25) is 0 Å². The fraction of sp³-hybridized carbons (Fsp3) is 0.412. The fourth-order valence-electron chi connectivity index (χ4n) is 2.63. The van der Waals surface area contributed by atoms with E-state index in [1.807, 2.05) is 6.92 Å². The minimum atomic E-state index is -0.153. The Hall–Kier alpha value is -2.33. The van der Waals surface area contributed by atoms with E-state index in [1.165, 1.54) is 23.1 Å². The Morgan fingerprint density at radius 1 is 1.30 bits per heavy atom. The summed E-state index contributed by atoms with van der Waals surface area (Å²) in [5.74, 6) is 1.40. The molecule has 0 radical (unpaired) electrons. The van der Waals surface area contributed by atoms with E-state index in [0.717, 1.165) is 12.8 Å². The molecule has 1 N–H and O–H groups in total. The van der Waals surface area contributed by atoms with Gasteiger partial charge in [-0.15, -0.1) is 10.2 Å². The highest BCUT2D eigenvalue weighted by Crippen LogP contribution is 2.36. The van der Waals surface area contributed by atoms with Crippen LogP contribution in [-0.4, -0.2) is 40.6 Å². The summed E-state index contributed by atoms with van der Waals surface area (Å²) in [5, 5.41) is 11.7. The van der Waals surface area contributed by atoms with Gasteiger partial charge in [0.25, 0.3) is 0 Å². The van der Waals surface area contributed by atoms with Gasteiger partial charge in [0.2, 0.25) is 23.7 Å². The van der Waals surface area contributed by atoms with Crippen LogP contribution in [0.1, 0.15) is 26.2 Å². The molecule has 1 saturated carbocycles. The maximum atomic E-state index is 12.2. The average Bonchev–Trinajstić information content (AvgIpc) is 3.19. The monoisotopic (exact) mass is 406 g/mol. The first kappa shape index (κ1) is 18.1. The minimum absolute atomic E-state index is 0.0609. The van der Waals surface area contributed by atoms with E-state index in [0.29, 0.717) is 33.1 Å². The van der Waals surface area contributed by atoms with Crippen molar-refractivity contribution in [2.24, 2.45) is 0 Å². The Bertz CT molecular complexity index is 868. The van der Waals surface area contributed by atoms with Gasteiger partial charge >= 0.3 is 0 Å². The van der Waals surface area contributed by atoms with Crippen molar-refractivity contribution in [2.45, 2.75) is 36.6 Å². The van der Waals surface area contributed by atoms with Crippen LogP contribution in [0.25, 0.3) is 0 Å². The van der Waals surface area contributed by atoms with E-state index in [4.69, 9.17) is 9.47 Å². The number of nitrogens with zero attached hydrogens (tertiary/aromatic N) is 3. The summed E-state index contributed by atoms with van der Waals surface area (Å²) in [6.45, 7) is 2.04. The third-order valence-electron chi connectivity index (χ3n) is 4.07. The number of amides is 2. The van der Waals surface area contributed by atoms with Gasteiger partial charge in [0.05, 0.1) is 5.75 Å². The van der Waals surface area contributed by atoms with Crippen LogP contribution in [-0.2, 0) is 9.59 Å². The summed E-state index contributed by atoms with van der Waals surface area (Å²) in [7, 11) is 0. The molecule has 27 heavy (non-hydrogen) atoms. The zero-order valence-electron chi connectivity index (χ0n) is 14.6. The van der Waals surface area contributed by atoms with Gasteiger partial charge < -0.3 is 14.8 Å². The van der Waals surface area contributed by atoms with Crippen molar-refractivity contribution in [3.8, 4) is 11.5 Å². The first-order valence-electron chi connectivity index (χ1n) is 8.62. The number of benzene rings is 1. The number of hydrogen-bond donors (Lipinski definition) is 1. The molecule has 0 unspecified atom stereocenters. The van der Waals surface area contributed by atoms with Crippen molar-refractivity contribution in [3.05, 3.63) is 18.2 Å². The molecule has 2 aromatic rings. The van der Waals surface area contributed by atoms with Gasteiger partial charge in [-0.05, 0) is 25.0 Å². The van der Waals surface area contributed by atoms with Crippen LogP contribution in [0.3, 0.4) is 0 Å². The van der Waals surface area contributed by atoms with Gasteiger partial charge in [-0.25, -0.2) is 0 Å². The Balaban J connectivity index is 1.33.